The van der Waals surface area contributed by atoms with Crippen molar-refractivity contribution in [1.82, 2.24) is 4.57 Å². The number of pyridine rings is 1. The molecule has 1 aromatic heterocycles. The third-order valence-corrected chi connectivity index (χ3v) is 4.03. The van der Waals surface area contributed by atoms with Crippen molar-refractivity contribution in [3.05, 3.63) is 38.8 Å². The summed E-state index contributed by atoms with van der Waals surface area (Å²) in [7, 11) is 1.61. The average molecular weight is 354 g/mol. The molecule has 1 atom stereocenters. The molecule has 0 bridgehead atoms. The highest BCUT2D eigenvalue weighted by molar-refractivity contribution is 6.20. The lowest BCUT2D eigenvalue weighted by molar-refractivity contribution is -0.140. The number of nitriles is 1. The van der Waals surface area contributed by atoms with Crippen molar-refractivity contribution in [3.63, 3.8) is 0 Å². The highest BCUT2D eigenvalue weighted by Gasteiger charge is 2.31. The number of aromatic nitrogens is 1. The smallest absolute Gasteiger partial charge is 0.339 e. The second-order valence-corrected chi connectivity index (χ2v) is 6.96. The summed E-state index contributed by atoms with van der Waals surface area (Å²) in [5.41, 5.74) is 0.848. The Bertz CT molecular complexity index is 947. The summed E-state index contributed by atoms with van der Waals surface area (Å²) in [5, 5.41) is 18.9. The van der Waals surface area contributed by atoms with Crippen LogP contribution < -0.4 is 5.56 Å². The lowest BCUT2D eigenvalue weighted by Gasteiger charge is -2.14. The Kier molecular flexibility index (Phi) is 5.39. The molecule has 2 rings (SSSR count). The van der Waals surface area contributed by atoms with Crippen LogP contribution >= 0.6 is 0 Å². The first-order valence-corrected chi connectivity index (χ1v) is 8.33. The number of nitrogens with zero attached hydrogens (tertiary/aromatic N) is 2. The summed E-state index contributed by atoms with van der Waals surface area (Å²) in [6, 6.07) is 1.88. The third-order valence-electron chi connectivity index (χ3n) is 4.03. The molecule has 0 aliphatic heterocycles. The monoisotopic (exact) mass is 354 g/mol. The van der Waals surface area contributed by atoms with E-state index in [1.165, 1.54) is 17.7 Å². The van der Waals surface area contributed by atoms with Gasteiger partial charge in [0.25, 0.3) is 5.56 Å². The molecule has 0 aromatic carbocycles. The van der Waals surface area contributed by atoms with Gasteiger partial charge in [-0.05, 0) is 27.7 Å². The van der Waals surface area contributed by atoms with E-state index >= 15 is 0 Å². The maximum atomic E-state index is 12.6. The third kappa shape index (κ3) is 3.87. The van der Waals surface area contributed by atoms with Crippen LogP contribution in [0.25, 0.3) is 5.57 Å². The van der Waals surface area contributed by atoms with E-state index in [9.17, 15) is 14.7 Å². The molecule has 1 aromatic rings. The van der Waals surface area contributed by atoms with Crippen molar-refractivity contribution < 1.29 is 14.6 Å². The molecule has 0 spiro atoms. The molecule has 0 fully saturated rings. The maximum Gasteiger partial charge on any atom is 0.339 e. The highest BCUT2D eigenvalue weighted by Crippen LogP contribution is 2.34. The molecule has 0 radical (unpaired) electrons. The van der Waals surface area contributed by atoms with Gasteiger partial charge >= 0.3 is 5.97 Å². The molecular weight excluding hydrogens is 332 g/mol. The second kappa shape index (κ2) is 7.19. The van der Waals surface area contributed by atoms with Gasteiger partial charge in [-0.3, -0.25) is 4.79 Å². The Labute approximate surface area is 152 Å². The minimum atomic E-state index is -1.48. The van der Waals surface area contributed by atoms with E-state index in [2.05, 4.69) is 11.8 Å². The number of aryl methyl sites for hydroxylation is 1. The first-order valence-electron chi connectivity index (χ1n) is 8.33. The number of carbonyl (C=O) groups is 1. The number of carbonyl (C=O) groups excluding carboxylic acids is 1. The van der Waals surface area contributed by atoms with Gasteiger partial charge in [0.15, 0.2) is 0 Å². The fraction of sp³-hybridized carbons (Fsp3) is 0.450. The fourth-order valence-corrected chi connectivity index (χ4v) is 2.86. The minimum Gasteiger partial charge on any atom is -0.459 e. The van der Waals surface area contributed by atoms with Crippen LogP contribution in [-0.2, 0) is 23.0 Å². The zero-order valence-electron chi connectivity index (χ0n) is 15.6. The van der Waals surface area contributed by atoms with Crippen LogP contribution in [0.4, 0.5) is 0 Å². The largest absolute Gasteiger partial charge is 0.459 e. The van der Waals surface area contributed by atoms with Crippen molar-refractivity contribution in [2.75, 3.05) is 0 Å². The topological polar surface area (TPSA) is 92.3 Å². The molecule has 1 N–H and O–H groups in total. The summed E-state index contributed by atoms with van der Waals surface area (Å²) in [5.74, 6) is 5.02. The number of ether oxygens (including phenoxy) is 1. The van der Waals surface area contributed by atoms with Gasteiger partial charge in [-0.1, -0.05) is 17.4 Å². The van der Waals surface area contributed by atoms with E-state index in [0.29, 0.717) is 28.7 Å². The van der Waals surface area contributed by atoms with Crippen LogP contribution in [-0.4, -0.2) is 27.3 Å². The minimum absolute atomic E-state index is 0.148. The van der Waals surface area contributed by atoms with Gasteiger partial charge in [0.05, 0.1) is 24.2 Å². The summed E-state index contributed by atoms with van der Waals surface area (Å²) in [6.07, 6.45) is 1.46. The van der Waals surface area contributed by atoms with Crippen LogP contribution in [0.5, 0.6) is 0 Å². The van der Waals surface area contributed by atoms with Gasteiger partial charge in [-0.15, -0.1) is 0 Å². The van der Waals surface area contributed by atoms with Crippen molar-refractivity contribution >= 4 is 11.5 Å². The molecule has 136 valence electrons. The highest BCUT2D eigenvalue weighted by atomic mass is 16.5. The van der Waals surface area contributed by atoms with Gasteiger partial charge in [0.1, 0.15) is 5.60 Å². The van der Waals surface area contributed by atoms with E-state index in [0.717, 1.165) is 5.57 Å². The van der Waals surface area contributed by atoms with Crippen LogP contribution in [0.15, 0.2) is 16.6 Å². The summed E-state index contributed by atoms with van der Waals surface area (Å²) >= 11 is 0. The molecule has 0 saturated heterocycles. The number of hydrogen-bond donors (Lipinski definition) is 1. The van der Waals surface area contributed by atoms with Gasteiger partial charge in [0, 0.05) is 36.4 Å². The zero-order valence-corrected chi connectivity index (χ0v) is 15.6. The predicted octanol–water partition coefficient (Wildman–Crippen LogP) is 1.68. The lowest BCUT2D eigenvalue weighted by atomic mass is 9.99. The van der Waals surface area contributed by atoms with Crippen molar-refractivity contribution in [3.8, 4) is 17.9 Å². The molecule has 0 amide bonds. The Morgan fingerprint density at radius 2 is 2.15 bits per heavy atom. The molecule has 6 nitrogen and oxygen atoms in total. The number of rotatable bonds is 3. The zero-order chi connectivity index (χ0) is 19.6. The number of esters is 1. The molecule has 0 saturated carbocycles. The Hall–Kier alpha value is -2.83. The van der Waals surface area contributed by atoms with Gasteiger partial charge in [-0.25, -0.2) is 4.79 Å². The van der Waals surface area contributed by atoms with Crippen LogP contribution in [0, 0.1) is 23.2 Å². The van der Waals surface area contributed by atoms with Gasteiger partial charge in [-0.2, -0.15) is 5.26 Å². The number of aliphatic hydroxyl groups is 1. The Morgan fingerprint density at radius 1 is 1.50 bits per heavy atom. The molecule has 1 aliphatic rings. The molecule has 1 aliphatic carbocycles. The first kappa shape index (κ1) is 19.5. The van der Waals surface area contributed by atoms with Crippen LogP contribution in [0.2, 0.25) is 0 Å². The lowest BCUT2D eigenvalue weighted by Crippen LogP contribution is -2.23. The van der Waals surface area contributed by atoms with Crippen molar-refractivity contribution in [1.29, 1.82) is 5.26 Å². The van der Waals surface area contributed by atoms with Gasteiger partial charge in [0.2, 0.25) is 0 Å². The number of hydrogen-bond acceptors (Lipinski definition) is 5. The maximum absolute atomic E-state index is 12.6. The summed E-state index contributed by atoms with van der Waals surface area (Å²) in [4.78, 5) is 25.0. The van der Waals surface area contributed by atoms with E-state index in [-0.39, 0.29) is 18.1 Å². The van der Waals surface area contributed by atoms with Crippen molar-refractivity contribution in [2.24, 2.45) is 7.05 Å². The number of allylic oxidation sites excluding steroid dienone is 1. The Balaban J connectivity index is 2.65. The van der Waals surface area contributed by atoms with E-state index in [4.69, 9.17) is 10.00 Å². The molecule has 26 heavy (non-hydrogen) atoms. The standard InChI is InChI=1S/C20H22N2O4/c1-12(2)26-19(24)16-13(3)10-15-17(16)14(11-22(5)18(15)23)6-7-20(4,25)8-9-21/h11-12,25H,8,10H2,1-5H3. The number of fused-ring (bicyclic) bond motifs is 1. The normalized spacial score (nSPS) is 15.0. The van der Waals surface area contributed by atoms with E-state index < -0.39 is 11.6 Å². The van der Waals surface area contributed by atoms with E-state index in [1.54, 1.807) is 27.8 Å². The first-order chi connectivity index (χ1) is 12.1. The molecular formula is C20H22N2O4. The molecule has 6 heteroatoms. The summed E-state index contributed by atoms with van der Waals surface area (Å²) < 4.78 is 6.73. The van der Waals surface area contributed by atoms with Crippen LogP contribution in [0.1, 0.15) is 50.8 Å². The quantitative estimate of drug-likeness (QED) is 0.659. The Morgan fingerprint density at radius 3 is 2.73 bits per heavy atom. The van der Waals surface area contributed by atoms with Crippen molar-refractivity contribution in [2.45, 2.75) is 52.2 Å². The van der Waals surface area contributed by atoms with E-state index in [1.807, 2.05) is 6.07 Å². The fourth-order valence-electron chi connectivity index (χ4n) is 2.86. The second-order valence-electron chi connectivity index (χ2n) is 6.96. The van der Waals surface area contributed by atoms with Gasteiger partial charge < -0.3 is 14.4 Å². The predicted molar refractivity (Wildman–Crippen MR) is 96.9 cm³/mol. The average Bonchev–Trinajstić information content (AvgIpc) is 2.86. The molecule has 1 heterocycles. The molecule has 1 unspecified atom stereocenters. The van der Waals surface area contributed by atoms with Crippen LogP contribution in [0.3, 0.4) is 0 Å². The SMILES string of the molecule is CC1=C(C(=O)OC(C)C)c2c(C#CC(C)(O)CC#N)cn(C)c(=O)c2C1. The summed E-state index contributed by atoms with van der Waals surface area (Å²) in [6.45, 7) is 6.75.